The van der Waals surface area contributed by atoms with Gasteiger partial charge in [-0.05, 0) is 12.1 Å². The number of carbonyl (C=O) groups is 1. The Bertz CT molecular complexity index is 494. The largest absolute Gasteiger partial charge is 0.373 e. The molecule has 0 aliphatic rings. The molecule has 2 rings (SSSR count). The third-order valence-corrected chi connectivity index (χ3v) is 2.21. The Morgan fingerprint density at radius 1 is 1.47 bits per heavy atom. The van der Waals surface area contributed by atoms with Crippen LogP contribution in [0.15, 0.2) is 30.6 Å². The number of hydrogen-bond acceptors (Lipinski definition) is 4. The second kappa shape index (κ2) is 5.11. The number of aromatic nitrogens is 3. The van der Waals surface area contributed by atoms with Crippen molar-refractivity contribution in [2.24, 2.45) is 0 Å². The Kier molecular flexibility index (Phi) is 3.34. The van der Waals surface area contributed by atoms with Crippen LogP contribution in [0.2, 0.25) is 0 Å². The molecule has 0 radical (unpaired) electrons. The molecular formula is C11H13N5O. The fraction of sp³-hybridized carbons (Fsp3) is 0.182. The van der Waals surface area contributed by atoms with Crippen LogP contribution in [-0.4, -0.2) is 27.9 Å². The van der Waals surface area contributed by atoms with Gasteiger partial charge in [-0.3, -0.25) is 4.79 Å². The van der Waals surface area contributed by atoms with Crippen LogP contribution >= 0.6 is 0 Å². The molecule has 2 aromatic heterocycles. The molecule has 0 fully saturated rings. The molecule has 0 saturated carbocycles. The van der Waals surface area contributed by atoms with E-state index in [2.05, 4.69) is 25.6 Å². The average molecular weight is 231 g/mol. The van der Waals surface area contributed by atoms with Crippen LogP contribution < -0.4 is 10.6 Å². The van der Waals surface area contributed by atoms with Crippen LogP contribution in [0.1, 0.15) is 16.3 Å². The number of aromatic amines is 1. The lowest BCUT2D eigenvalue weighted by molar-refractivity contribution is 0.0945. The van der Waals surface area contributed by atoms with Gasteiger partial charge in [-0.25, -0.2) is 9.97 Å². The van der Waals surface area contributed by atoms with Crippen molar-refractivity contribution in [3.63, 3.8) is 0 Å². The number of nitrogens with one attached hydrogen (secondary N) is 3. The highest BCUT2D eigenvalue weighted by Gasteiger charge is 2.07. The molecule has 0 aliphatic heterocycles. The fourth-order valence-corrected chi connectivity index (χ4v) is 1.35. The van der Waals surface area contributed by atoms with E-state index in [1.54, 1.807) is 37.6 Å². The minimum absolute atomic E-state index is 0.224. The molecule has 17 heavy (non-hydrogen) atoms. The molecule has 6 heteroatoms. The highest BCUT2D eigenvalue weighted by atomic mass is 16.1. The zero-order chi connectivity index (χ0) is 12.1. The van der Waals surface area contributed by atoms with Crippen molar-refractivity contribution in [2.75, 3.05) is 12.4 Å². The van der Waals surface area contributed by atoms with Crippen molar-refractivity contribution in [1.29, 1.82) is 0 Å². The molecule has 88 valence electrons. The summed E-state index contributed by atoms with van der Waals surface area (Å²) in [5, 5.41) is 5.61. The molecule has 0 bridgehead atoms. The van der Waals surface area contributed by atoms with E-state index in [0.29, 0.717) is 23.9 Å². The minimum atomic E-state index is -0.224. The molecule has 3 N–H and O–H groups in total. The first-order valence-corrected chi connectivity index (χ1v) is 5.21. The predicted molar refractivity (Wildman–Crippen MR) is 63.5 cm³/mol. The molecule has 0 atom stereocenters. The Hall–Kier alpha value is -2.37. The normalized spacial score (nSPS) is 9.94. The maximum Gasteiger partial charge on any atom is 0.270 e. The third kappa shape index (κ3) is 2.81. The summed E-state index contributed by atoms with van der Waals surface area (Å²) < 4.78 is 0. The summed E-state index contributed by atoms with van der Waals surface area (Å²) in [5.74, 6) is 1.15. The van der Waals surface area contributed by atoms with Gasteiger partial charge in [0.05, 0.1) is 6.54 Å². The highest BCUT2D eigenvalue weighted by Crippen LogP contribution is 2.03. The molecule has 2 heterocycles. The van der Waals surface area contributed by atoms with Crippen LogP contribution in [0, 0.1) is 0 Å². The van der Waals surface area contributed by atoms with E-state index in [4.69, 9.17) is 0 Å². The van der Waals surface area contributed by atoms with Gasteiger partial charge in [0.1, 0.15) is 17.3 Å². The summed E-state index contributed by atoms with van der Waals surface area (Å²) in [7, 11) is 1.76. The SMILES string of the molecule is CNc1cccc(C(=O)NCc2ncc[nH]2)n1. The summed E-state index contributed by atoms with van der Waals surface area (Å²) in [5.41, 5.74) is 0.378. The molecule has 0 aromatic carbocycles. The lowest BCUT2D eigenvalue weighted by atomic mass is 10.3. The van der Waals surface area contributed by atoms with Crippen molar-refractivity contribution in [3.8, 4) is 0 Å². The second-order valence-corrected chi connectivity index (χ2v) is 3.38. The Balaban J connectivity index is 1.99. The van der Waals surface area contributed by atoms with Gasteiger partial charge in [0.2, 0.25) is 0 Å². The van der Waals surface area contributed by atoms with E-state index >= 15 is 0 Å². The number of rotatable bonds is 4. The standard InChI is InChI=1S/C11H13N5O/c1-12-9-4-2-3-8(16-9)11(17)15-7-10-13-5-6-14-10/h2-6H,7H2,1H3,(H,12,16)(H,13,14)(H,15,17). The van der Waals surface area contributed by atoms with E-state index in [0.717, 1.165) is 0 Å². The summed E-state index contributed by atoms with van der Waals surface area (Å²) >= 11 is 0. The zero-order valence-corrected chi connectivity index (χ0v) is 9.40. The van der Waals surface area contributed by atoms with E-state index in [-0.39, 0.29) is 5.91 Å². The lowest BCUT2D eigenvalue weighted by Gasteiger charge is -2.04. The monoisotopic (exact) mass is 231 g/mol. The topological polar surface area (TPSA) is 82.7 Å². The Morgan fingerprint density at radius 3 is 3.06 bits per heavy atom. The lowest BCUT2D eigenvalue weighted by Crippen LogP contribution is -2.24. The first kappa shape index (κ1) is 11.1. The second-order valence-electron chi connectivity index (χ2n) is 3.38. The van der Waals surface area contributed by atoms with Gasteiger partial charge in [0.15, 0.2) is 0 Å². The molecule has 6 nitrogen and oxygen atoms in total. The van der Waals surface area contributed by atoms with E-state index < -0.39 is 0 Å². The molecule has 0 aliphatic carbocycles. The van der Waals surface area contributed by atoms with Crippen LogP contribution in [0.3, 0.4) is 0 Å². The van der Waals surface area contributed by atoms with Crippen molar-refractivity contribution < 1.29 is 4.79 Å². The molecular weight excluding hydrogens is 218 g/mol. The van der Waals surface area contributed by atoms with Crippen LogP contribution in [0.5, 0.6) is 0 Å². The van der Waals surface area contributed by atoms with Gasteiger partial charge in [-0.2, -0.15) is 0 Å². The average Bonchev–Trinajstić information content (AvgIpc) is 2.89. The zero-order valence-electron chi connectivity index (χ0n) is 9.40. The molecule has 1 amide bonds. The summed E-state index contributed by atoms with van der Waals surface area (Å²) in [6, 6.07) is 5.24. The number of amides is 1. The number of imidazole rings is 1. The van der Waals surface area contributed by atoms with Crippen molar-refractivity contribution in [1.82, 2.24) is 20.3 Å². The Morgan fingerprint density at radius 2 is 2.35 bits per heavy atom. The van der Waals surface area contributed by atoms with Gasteiger partial charge in [-0.1, -0.05) is 6.07 Å². The van der Waals surface area contributed by atoms with E-state index in [1.165, 1.54) is 0 Å². The van der Waals surface area contributed by atoms with Gasteiger partial charge < -0.3 is 15.6 Å². The van der Waals surface area contributed by atoms with Crippen molar-refractivity contribution in [3.05, 3.63) is 42.1 Å². The minimum Gasteiger partial charge on any atom is -0.373 e. The smallest absolute Gasteiger partial charge is 0.270 e. The van der Waals surface area contributed by atoms with E-state index in [9.17, 15) is 4.79 Å². The first-order chi connectivity index (χ1) is 8.29. The maximum atomic E-state index is 11.8. The Labute approximate surface area is 98.5 Å². The summed E-state index contributed by atoms with van der Waals surface area (Å²) in [4.78, 5) is 22.8. The van der Waals surface area contributed by atoms with Crippen molar-refractivity contribution >= 4 is 11.7 Å². The number of carbonyl (C=O) groups excluding carboxylic acids is 1. The number of pyridine rings is 1. The van der Waals surface area contributed by atoms with Crippen LogP contribution in [0.4, 0.5) is 5.82 Å². The van der Waals surface area contributed by atoms with Gasteiger partial charge in [-0.15, -0.1) is 0 Å². The van der Waals surface area contributed by atoms with Crippen LogP contribution in [-0.2, 0) is 6.54 Å². The van der Waals surface area contributed by atoms with Gasteiger partial charge in [0, 0.05) is 19.4 Å². The van der Waals surface area contributed by atoms with Gasteiger partial charge >= 0.3 is 0 Å². The number of anilines is 1. The van der Waals surface area contributed by atoms with Gasteiger partial charge in [0.25, 0.3) is 5.91 Å². The van der Waals surface area contributed by atoms with Crippen LogP contribution in [0.25, 0.3) is 0 Å². The summed E-state index contributed by atoms with van der Waals surface area (Å²) in [6.45, 7) is 0.358. The summed E-state index contributed by atoms with van der Waals surface area (Å²) in [6.07, 6.45) is 3.35. The molecule has 0 saturated heterocycles. The maximum absolute atomic E-state index is 11.8. The van der Waals surface area contributed by atoms with Crippen molar-refractivity contribution in [2.45, 2.75) is 6.54 Å². The number of H-pyrrole nitrogens is 1. The number of nitrogens with zero attached hydrogens (tertiary/aromatic N) is 2. The van der Waals surface area contributed by atoms with E-state index in [1.807, 2.05) is 0 Å². The molecule has 2 aromatic rings. The quantitative estimate of drug-likeness (QED) is 0.726. The molecule has 0 spiro atoms. The number of hydrogen-bond donors (Lipinski definition) is 3. The highest BCUT2D eigenvalue weighted by molar-refractivity contribution is 5.92. The first-order valence-electron chi connectivity index (χ1n) is 5.21. The predicted octanol–water partition coefficient (Wildman–Crippen LogP) is 0.776. The third-order valence-electron chi connectivity index (χ3n) is 2.21. The molecule has 0 unspecified atom stereocenters. The fourth-order valence-electron chi connectivity index (χ4n) is 1.35.